The van der Waals surface area contributed by atoms with Crippen LogP contribution in [0.15, 0.2) is 18.2 Å². The quantitative estimate of drug-likeness (QED) is 0.604. The highest BCUT2D eigenvalue weighted by atomic mass is 79.9. The van der Waals surface area contributed by atoms with Gasteiger partial charge in [-0.1, -0.05) is 34.1 Å². The van der Waals surface area contributed by atoms with E-state index in [-0.39, 0.29) is 0 Å². The Balaban J connectivity index is 2.00. The molecule has 0 radical (unpaired) electrons. The molecule has 0 aromatic heterocycles. The van der Waals surface area contributed by atoms with Crippen LogP contribution in [-0.4, -0.2) is 23.9 Å². The fraction of sp³-hybridized carbons (Fsp3) is 0.571. The lowest BCUT2D eigenvalue weighted by Gasteiger charge is -2.17. The summed E-state index contributed by atoms with van der Waals surface area (Å²) >= 11 is 3.47. The third kappa shape index (κ3) is 3.08. The van der Waals surface area contributed by atoms with Crippen molar-refractivity contribution >= 4 is 15.9 Å². The zero-order valence-electron chi connectivity index (χ0n) is 10.0. The molecule has 0 N–H and O–H groups in total. The van der Waals surface area contributed by atoms with Gasteiger partial charge < -0.3 is 0 Å². The first-order valence-electron chi connectivity index (χ1n) is 6.15. The lowest BCUT2D eigenvalue weighted by Crippen LogP contribution is -2.19. The molecule has 2 heteroatoms. The van der Waals surface area contributed by atoms with Crippen molar-refractivity contribution < 1.29 is 0 Å². The molecule has 2 rings (SSSR count). The van der Waals surface area contributed by atoms with Crippen molar-refractivity contribution in [3.05, 3.63) is 34.9 Å². The van der Waals surface area contributed by atoms with Gasteiger partial charge in [0, 0.05) is 6.54 Å². The van der Waals surface area contributed by atoms with Gasteiger partial charge in [0.2, 0.25) is 0 Å². The van der Waals surface area contributed by atoms with Gasteiger partial charge in [-0.25, -0.2) is 0 Å². The molecule has 0 spiro atoms. The smallest absolute Gasteiger partial charge is 0.0539 e. The minimum absolute atomic E-state index is 0.956. The van der Waals surface area contributed by atoms with E-state index in [4.69, 9.17) is 0 Å². The standard InChI is InChI=1S/C14H20BrN/c1-16(11-15)9-8-12-6-7-13-4-2-3-5-14(13)10-12/h6-7,10H,2-5,8-9,11H2,1H3. The molecule has 1 aliphatic carbocycles. The molecule has 1 aromatic rings. The summed E-state index contributed by atoms with van der Waals surface area (Å²) < 4.78 is 0. The Morgan fingerprint density at radius 2 is 1.94 bits per heavy atom. The monoisotopic (exact) mass is 281 g/mol. The van der Waals surface area contributed by atoms with Crippen molar-refractivity contribution in [3.8, 4) is 0 Å². The van der Waals surface area contributed by atoms with Crippen LogP contribution in [0.3, 0.4) is 0 Å². The average molecular weight is 282 g/mol. The van der Waals surface area contributed by atoms with E-state index in [9.17, 15) is 0 Å². The van der Waals surface area contributed by atoms with E-state index in [2.05, 4.69) is 46.1 Å². The van der Waals surface area contributed by atoms with E-state index in [1.807, 2.05) is 0 Å². The maximum atomic E-state index is 3.47. The van der Waals surface area contributed by atoms with Crippen LogP contribution in [0.5, 0.6) is 0 Å². The van der Waals surface area contributed by atoms with Crippen LogP contribution in [0.2, 0.25) is 0 Å². The van der Waals surface area contributed by atoms with Crippen LogP contribution >= 0.6 is 15.9 Å². The molecule has 0 fully saturated rings. The largest absolute Gasteiger partial charge is 0.296 e. The SMILES string of the molecule is CN(CBr)CCc1ccc2c(c1)CCCC2. The normalized spacial score (nSPS) is 15.2. The maximum Gasteiger partial charge on any atom is 0.0539 e. The van der Waals surface area contributed by atoms with Gasteiger partial charge in [0.05, 0.1) is 5.45 Å². The molecule has 0 saturated heterocycles. The molecular weight excluding hydrogens is 262 g/mol. The van der Waals surface area contributed by atoms with Crippen LogP contribution in [-0.2, 0) is 19.3 Å². The Kier molecular flexibility index (Phi) is 4.42. The van der Waals surface area contributed by atoms with Crippen LogP contribution in [0.25, 0.3) is 0 Å². The summed E-state index contributed by atoms with van der Waals surface area (Å²) in [6.45, 7) is 1.13. The molecule has 1 nitrogen and oxygen atoms in total. The first-order valence-corrected chi connectivity index (χ1v) is 7.27. The Hall–Kier alpha value is -0.340. The topological polar surface area (TPSA) is 3.24 Å². The number of rotatable bonds is 4. The minimum atomic E-state index is 0.956. The van der Waals surface area contributed by atoms with E-state index in [1.165, 1.54) is 31.2 Å². The average Bonchev–Trinajstić information content (AvgIpc) is 2.35. The summed E-state index contributed by atoms with van der Waals surface area (Å²) in [7, 11) is 2.15. The molecule has 0 aliphatic heterocycles. The molecule has 0 amide bonds. The Labute approximate surface area is 107 Å². The van der Waals surface area contributed by atoms with E-state index in [0.717, 1.165) is 18.4 Å². The van der Waals surface area contributed by atoms with Crippen molar-refractivity contribution in [2.75, 3.05) is 19.0 Å². The Bertz CT molecular complexity index is 349. The van der Waals surface area contributed by atoms with Crippen molar-refractivity contribution in [3.63, 3.8) is 0 Å². The van der Waals surface area contributed by atoms with Crippen molar-refractivity contribution in [1.29, 1.82) is 0 Å². The zero-order valence-corrected chi connectivity index (χ0v) is 11.6. The second-order valence-electron chi connectivity index (χ2n) is 4.76. The molecule has 0 atom stereocenters. The number of hydrogen-bond donors (Lipinski definition) is 0. The number of fused-ring (bicyclic) bond motifs is 1. The van der Waals surface area contributed by atoms with E-state index >= 15 is 0 Å². The van der Waals surface area contributed by atoms with E-state index in [1.54, 1.807) is 11.1 Å². The Morgan fingerprint density at radius 3 is 2.69 bits per heavy atom. The summed E-state index contributed by atoms with van der Waals surface area (Å²) in [5.74, 6) is 0. The van der Waals surface area contributed by atoms with Gasteiger partial charge >= 0.3 is 0 Å². The second kappa shape index (κ2) is 5.83. The molecule has 0 unspecified atom stereocenters. The predicted octanol–water partition coefficient (Wildman–Crippen LogP) is 3.39. The summed E-state index contributed by atoms with van der Waals surface area (Å²) in [6.07, 6.45) is 6.49. The fourth-order valence-corrected chi connectivity index (χ4v) is 2.57. The number of aryl methyl sites for hydroxylation is 2. The van der Waals surface area contributed by atoms with Crippen molar-refractivity contribution in [2.45, 2.75) is 32.1 Å². The Morgan fingerprint density at radius 1 is 1.19 bits per heavy atom. The summed E-state index contributed by atoms with van der Waals surface area (Å²) in [5.41, 5.74) is 5.64. The third-order valence-electron chi connectivity index (χ3n) is 3.40. The number of halogens is 1. The first kappa shape index (κ1) is 12.1. The summed E-state index contributed by atoms with van der Waals surface area (Å²) in [5, 5.41) is 0. The lowest BCUT2D eigenvalue weighted by molar-refractivity contribution is 0.401. The second-order valence-corrected chi connectivity index (χ2v) is 5.26. The summed E-state index contributed by atoms with van der Waals surface area (Å²) in [6, 6.07) is 7.08. The third-order valence-corrected chi connectivity index (χ3v) is 4.26. The van der Waals surface area contributed by atoms with Gasteiger partial charge in [-0.15, -0.1) is 0 Å². The van der Waals surface area contributed by atoms with Gasteiger partial charge in [-0.2, -0.15) is 0 Å². The van der Waals surface area contributed by atoms with Crippen molar-refractivity contribution in [2.24, 2.45) is 0 Å². The first-order chi connectivity index (χ1) is 7.79. The van der Waals surface area contributed by atoms with Crippen molar-refractivity contribution in [1.82, 2.24) is 4.90 Å². The highest BCUT2D eigenvalue weighted by Gasteiger charge is 2.09. The molecule has 16 heavy (non-hydrogen) atoms. The van der Waals surface area contributed by atoms with Crippen LogP contribution in [0.1, 0.15) is 29.5 Å². The minimum Gasteiger partial charge on any atom is -0.296 e. The number of nitrogens with zero attached hydrogens (tertiary/aromatic N) is 1. The highest BCUT2D eigenvalue weighted by molar-refractivity contribution is 9.09. The maximum absolute atomic E-state index is 3.47. The number of likely N-dealkylation sites (N-methyl/N-ethyl adjacent to an activating group) is 1. The molecule has 0 heterocycles. The van der Waals surface area contributed by atoms with Crippen LogP contribution in [0, 0.1) is 0 Å². The molecule has 1 aliphatic rings. The van der Waals surface area contributed by atoms with Gasteiger partial charge in [-0.3, -0.25) is 4.90 Å². The molecular formula is C14H20BrN. The number of hydrogen-bond acceptors (Lipinski definition) is 1. The zero-order chi connectivity index (χ0) is 11.4. The number of alkyl halides is 1. The van der Waals surface area contributed by atoms with Crippen LogP contribution < -0.4 is 0 Å². The van der Waals surface area contributed by atoms with Gasteiger partial charge in [0.1, 0.15) is 0 Å². The molecule has 0 saturated carbocycles. The number of benzene rings is 1. The van der Waals surface area contributed by atoms with Gasteiger partial charge in [0.25, 0.3) is 0 Å². The van der Waals surface area contributed by atoms with E-state index < -0.39 is 0 Å². The highest BCUT2D eigenvalue weighted by Crippen LogP contribution is 2.22. The van der Waals surface area contributed by atoms with Crippen LogP contribution in [0.4, 0.5) is 0 Å². The lowest BCUT2D eigenvalue weighted by atomic mass is 9.90. The summed E-state index contributed by atoms with van der Waals surface area (Å²) in [4.78, 5) is 2.29. The van der Waals surface area contributed by atoms with E-state index in [0.29, 0.717) is 0 Å². The van der Waals surface area contributed by atoms with Gasteiger partial charge in [-0.05, 0) is 55.8 Å². The predicted molar refractivity (Wildman–Crippen MR) is 73.2 cm³/mol. The fourth-order valence-electron chi connectivity index (χ4n) is 2.32. The molecule has 0 bridgehead atoms. The molecule has 88 valence electrons. The molecule has 1 aromatic carbocycles. The van der Waals surface area contributed by atoms with Gasteiger partial charge in [0.15, 0.2) is 0 Å².